The number of hydrogen-bond donors (Lipinski definition) is 5. The summed E-state index contributed by atoms with van der Waals surface area (Å²) in [5.41, 5.74) is 0. The number of hydrogen-bond acceptors (Lipinski definition) is 5. The van der Waals surface area contributed by atoms with Crippen LogP contribution in [0.5, 0.6) is 0 Å². The van der Waals surface area contributed by atoms with E-state index in [1.807, 2.05) is 19.9 Å². The highest BCUT2D eigenvalue weighted by atomic mass is 16.3. The number of aliphatic hydroxyl groups is 1. The fraction of sp³-hybridized carbons (Fsp3) is 0.586. The maximum atomic E-state index is 13.0. The first kappa shape index (κ1) is 32.8. The Morgan fingerprint density at radius 1 is 1.11 bits per heavy atom. The zero-order valence-electron chi connectivity index (χ0n) is 23.2. The molecular weight excluding hydrogens is 484 g/mol. The maximum absolute atomic E-state index is 13.0. The average Bonchev–Trinajstić information content (AvgIpc) is 2.86. The van der Waals surface area contributed by atoms with Crippen LogP contribution < -0.4 is 21.3 Å². The molecule has 4 atom stereocenters. The predicted molar refractivity (Wildman–Crippen MR) is 150 cm³/mol. The van der Waals surface area contributed by atoms with E-state index in [4.69, 9.17) is 0 Å². The van der Waals surface area contributed by atoms with Crippen LogP contribution in [0.15, 0.2) is 48.6 Å². The molecule has 1 heterocycles. The van der Waals surface area contributed by atoms with Crippen molar-refractivity contribution in [3.05, 3.63) is 48.6 Å². The molecule has 0 aromatic carbocycles. The van der Waals surface area contributed by atoms with E-state index in [0.717, 1.165) is 12.8 Å². The van der Waals surface area contributed by atoms with Gasteiger partial charge in [-0.3, -0.25) is 19.2 Å². The summed E-state index contributed by atoms with van der Waals surface area (Å²) in [5.74, 6) is -1.93. The fourth-order valence-corrected chi connectivity index (χ4v) is 3.69. The lowest BCUT2D eigenvalue weighted by atomic mass is 10.0. The zero-order valence-corrected chi connectivity index (χ0v) is 23.2. The quantitative estimate of drug-likeness (QED) is 0.108. The molecule has 1 aliphatic rings. The fourth-order valence-electron chi connectivity index (χ4n) is 3.69. The molecule has 4 amide bonds. The van der Waals surface area contributed by atoms with Crippen molar-refractivity contribution in [3.8, 4) is 0 Å². The lowest BCUT2D eigenvalue weighted by molar-refractivity contribution is -0.132. The summed E-state index contributed by atoms with van der Waals surface area (Å²) in [6, 6.07) is -2.71. The second kappa shape index (κ2) is 19.0. The number of aliphatic hydroxyl groups excluding tert-OH is 1. The normalized spacial score (nSPS) is 22.2. The number of nitrogens with one attached hydrogen (secondary N) is 4. The number of rotatable bonds is 13. The van der Waals surface area contributed by atoms with Gasteiger partial charge in [-0.15, -0.1) is 0 Å². The molecule has 0 unspecified atom stereocenters. The molecule has 0 fully saturated rings. The minimum atomic E-state index is -1.25. The van der Waals surface area contributed by atoms with Gasteiger partial charge in [0.1, 0.15) is 12.1 Å². The Kier molecular flexibility index (Phi) is 16.4. The molecule has 0 saturated carbocycles. The summed E-state index contributed by atoms with van der Waals surface area (Å²) < 4.78 is 0. The predicted octanol–water partition coefficient (Wildman–Crippen LogP) is 2.58. The van der Waals surface area contributed by atoms with Crippen molar-refractivity contribution in [2.24, 2.45) is 5.92 Å². The number of allylic oxidation sites excluding steroid dienone is 3. The molecule has 5 N–H and O–H groups in total. The maximum Gasteiger partial charge on any atom is 0.247 e. The van der Waals surface area contributed by atoms with Crippen molar-refractivity contribution < 1.29 is 24.3 Å². The van der Waals surface area contributed by atoms with Gasteiger partial charge >= 0.3 is 0 Å². The second-order valence-corrected chi connectivity index (χ2v) is 9.85. The molecule has 9 nitrogen and oxygen atoms in total. The lowest BCUT2D eigenvalue weighted by Gasteiger charge is -2.25. The van der Waals surface area contributed by atoms with Gasteiger partial charge in [-0.1, -0.05) is 82.9 Å². The van der Waals surface area contributed by atoms with Crippen LogP contribution in [0.2, 0.25) is 0 Å². The molecule has 212 valence electrons. The van der Waals surface area contributed by atoms with E-state index in [0.29, 0.717) is 13.0 Å². The van der Waals surface area contributed by atoms with E-state index < -0.39 is 42.0 Å². The highest BCUT2D eigenvalue weighted by molar-refractivity contribution is 5.96. The van der Waals surface area contributed by atoms with Crippen LogP contribution in [0.25, 0.3) is 0 Å². The Morgan fingerprint density at radius 3 is 2.53 bits per heavy atom. The lowest BCUT2D eigenvalue weighted by Crippen LogP contribution is -2.57. The van der Waals surface area contributed by atoms with Crippen LogP contribution in [0.1, 0.15) is 72.6 Å². The average molecular weight is 531 g/mol. The van der Waals surface area contributed by atoms with Crippen LogP contribution >= 0.6 is 0 Å². The minimum absolute atomic E-state index is 0.00216. The monoisotopic (exact) mass is 530 g/mol. The molecule has 1 rings (SSSR count). The minimum Gasteiger partial charge on any atom is -0.391 e. The first-order chi connectivity index (χ1) is 18.1. The smallest absolute Gasteiger partial charge is 0.247 e. The second-order valence-electron chi connectivity index (χ2n) is 9.85. The van der Waals surface area contributed by atoms with Gasteiger partial charge in [-0.25, -0.2) is 0 Å². The number of carbonyl (C=O) groups is 4. The third kappa shape index (κ3) is 13.9. The molecule has 0 spiro atoms. The third-order valence-corrected chi connectivity index (χ3v) is 6.03. The molecule has 0 saturated heterocycles. The van der Waals surface area contributed by atoms with E-state index >= 15 is 0 Å². The van der Waals surface area contributed by atoms with Crippen molar-refractivity contribution in [2.45, 2.75) is 96.9 Å². The Hall–Kier alpha value is -3.20. The van der Waals surface area contributed by atoms with Crippen LogP contribution in [0, 0.1) is 5.92 Å². The van der Waals surface area contributed by atoms with Crippen molar-refractivity contribution in [2.75, 3.05) is 6.54 Å². The summed E-state index contributed by atoms with van der Waals surface area (Å²) in [6.07, 6.45) is 19.1. The summed E-state index contributed by atoms with van der Waals surface area (Å²) >= 11 is 0. The highest BCUT2D eigenvalue weighted by Gasteiger charge is 2.29. The topological polar surface area (TPSA) is 137 Å². The molecular formula is C29H46N4O5. The first-order valence-corrected chi connectivity index (χ1v) is 13.7. The molecule has 38 heavy (non-hydrogen) atoms. The summed E-state index contributed by atoms with van der Waals surface area (Å²) in [6.45, 7) is 7.75. The summed E-state index contributed by atoms with van der Waals surface area (Å²) in [5, 5.41) is 20.9. The van der Waals surface area contributed by atoms with Crippen molar-refractivity contribution in [3.63, 3.8) is 0 Å². The van der Waals surface area contributed by atoms with Crippen LogP contribution in [-0.2, 0) is 19.2 Å². The van der Waals surface area contributed by atoms with Crippen LogP contribution in [-0.4, -0.2) is 59.5 Å². The summed E-state index contributed by atoms with van der Waals surface area (Å²) in [7, 11) is 0. The van der Waals surface area contributed by atoms with E-state index in [9.17, 15) is 24.3 Å². The molecule has 0 aliphatic carbocycles. The van der Waals surface area contributed by atoms with Gasteiger partial charge in [0.15, 0.2) is 0 Å². The Labute approximate surface area is 227 Å². The molecule has 0 bridgehead atoms. The number of unbranched alkanes of at least 4 members (excludes halogenated alkanes) is 5. The highest BCUT2D eigenvalue weighted by Crippen LogP contribution is 2.07. The SMILES string of the molecule is CCCCCCC/C=C/C=C/C(=O)N[C@H](C(=O)N[C@H]1/C=C/CCNC(=O)/C=C/[C@H](C(C)C)NC1=O)[C@@H](C)O. The molecule has 0 aromatic rings. The van der Waals surface area contributed by atoms with Gasteiger partial charge in [-0.05, 0) is 32.1 Å². The van der Waals surface area contributed by atoms with Gasteiger partial charge in [0.2, 0.25) is 23.6 Å². The number of carbonyl (C=O) groups excluding carboxylic acids is 4. The van der Waals surface area contributed by atoms with E-state index in [1.165, 1.54) is 50.8 Å². The van der Waals surface area contributed by atoms with Gasteiger partial charge in [0.25, 0.3) is 0 Å². The van der Waals surface area contributed by atoms with E-state index in [2.05, 4.69) is 28.2 Å². The van der Waals surface area contributed by atoms with Crippen molar-refractivity contribution in [1.29, 1.82) is 0 Å². The molecule has 9 heteroatoms. The van der Waals surface area contributed by atoms with Crippen molar-refractivity contribution >= 4 is 23.6 Å². The standard InChI is InChI=1S/C29H46N4O5/c1-5-6-7-8-9-10-11-12-13-17-26(36)33-27(22(4)34)29(38)32-24-16-14-15-20-30-25(35)19-18-23(21(2)3)31-28(24)37/h11-14,16-19,21-24,27,34H,5-10,15,20H2,1-4H3,(H,30,35)(H,31,37)(H,32,38)(H,33,36)/b12-11+,16-14+,17-13+,19-18+/t22-,23-,24+,27+/m1/s1. The summed E-state index contributed by atoms with van der Waals surface area (Å²) in [4.78, 5) is 50.2. The molecule has 1 aliphatic heterocycles. The Bertz CT molecular complexity index is 876. The third-order valence-electron chi connectivity index (χ3n) is 6.03. The van der Waals surface area contributed by atoms with Crippen LogP contribution in [0.4, 0.5) is 0 Å². The Morgan fingerprint density at radius 2 is 1.84 bits per heavy atom. The van der Waals surface area contributed by atoms with E-state index in [1.54, 1.807) is 24.3 Å². The van der Waals surface area contributed by atoms with Crippen molar-refractivity contribution in [1.82, 2.24) is 21.3 Å². The molecule has 0 aromatic heterocycles. The largest absolute Gasteiger partial charge is 0.391 e. The van der Waals surface area contributed by atoms with Gasteiger partial charge in [-0.2, -0.15) is 0 Å². The Balaban J connectivity index is 2.78. The van der Waals surface area contributed by atoms with E-state index in [-0.39, 0.29) is 11.8 Å². The van der Waals surface area contributed by atoms with Gasteiger partial charge in [0.05, 0.1) is 6.10 Å². The molecule has 0 radical (unpaired) electrons. The van der Waals surface area contributed by atoms with Crippen LogP contribution in [0.3, 0.4) is 0 Å². The first-order valence-electron chi connectivity index (χ1n) is 13.7. The number of amides is 4. The van der Waals surface area contributed by atoms with Gasteiger partial charge < -0.3 is 26.4 Å². The zero-order chi connectivity index (χ0) is 28.3. The van der Waals surface area contributed by atoms with Gasteiger partial charge in [0, 0.05) is 24.7 Å².